The van der Waals surface area contributed by atoms with E-state index in [1.54, 1.807) is 0 Å². The predicted octanol–water partition coefficient (Wildman–Crippen LogP) is 9.34. The summed E-state index contributed by atoms with van der Waals surface area (Å²) in [6, 6.07) is 42.4. The molecule has 0 saturated heterocycles. The summed E-state index contributed by atoms with van der Waals surface area (Å²) in [6.07, 6.45) is 1.99. The topological polar surface area (TPSA) is 66.9 Å². The lowest BCUT2D eigenvalue weighted by atomic mass is 9.93. The molecular formula is C38H34N4O. The van der Waals surface area contributed by atoms with E-state index in [1.807, 2.05) is 73.7 Å². The van der Waals surface area contributed by atoms with Gasteiger partial charge in [0.25, 0.3) is 5.91 Å². The second kappa shape index (κ2) is 12.7. The van der Waals surface area contributed by atoms with E-state index < -0.39 is 0 Å². The highest BCUT2D eigenvalue weighted by molar-refractivity contribution is 6.05. The molecule has 0 aliphatic rings. The van der Waals surface area contributed by atoms with E-state index in [0.717, 1.165) is 51.9 Å². The fourth-order valence-electron chi connectivity index (χ4n) is 5.27. The molecule has 0 saturated carbocycles. The fourth-order valence-corrected chi connectivity index (χ4v) is 5.27. The molecule has 5 heteroatoms. The minimum absolute atomic E-state index is 0.141. The molecule has 5 nitrogen and oxygen atoms in total. The molecule has 0 bridgehead atoms. The van der Waals surface area contributed by atoms with Crippen LogP contribution in [0.5, 0.6) is 0 Å². The molecule has 0 aliphatic carbocycles. The van der Waals surface area contributed by atoms with Gasteiger partial charge in [-0.1, -0.05) is 97.9 Å². The number of carbonyl (C=O) groups excluding carboxylic acids is 1. The van der Waals surface area contributed by atoms with Crippen molar-refractivity contribution in [3.8, 4) is 11.3 Å². The van der Waals surface area contributed by atoms with Crippen molar-refractivity contribution in [1.82, 2.24) is 9.97 Å². The van der Waals surface area contributed by atoms with Gasteiger partial charge in [-0.05, 0) is 78.8 Å². The molecule has 43 heavy (non-hydrogen) atoms. The average Bonchev–Trinajstić information content (AvgIpc) is 3.05. The second-order valence-corrected chi connectivity index (χ2v) is 10.9. The van der Waals surface area contributed by atoms with Crippen LogP contribution < -0.4 is 10.6 Å². The fraction of sp³-hybridized carbons (Fsp3) is 0.132. The Morgan fingerprint density at radius 2 is 1.47 bits per heavy atom. The third-order valence-electron chi connectivity index (χ3n) is 7.84. The highest BCUT2D eigenvalue weighted by atomic mass is 16.1. The van der Waals surface area contributed by atoms with Crippen molar-refractivity contribution in [2.24, 2.45) is 0 Å². The number of hydrogen-bond donors (Lipinski definition) is 2. The summed E-state index contributed by atoms with van der Waals surface area (Å²) >= 11 is 0. The summed E-state index contributed by atoms with van der Waals surface area (Å²) < 4.78 is 0. The minimum atomic E-state index is -0.141. The monoisotopic (exact) mass is 562 g/mol. The summed E-state index contributed by atoms with van der Waals surface area (Å²) in [5.41, 5.74) is 8.59. The molecule has 5 aromatic carbocycles. The predicted molar refractivity (Wildman–Crippen MR) is 177 cm³/mol. The van der Waals surface area contributed by atoms with Crippen molar-refractivity contribution in [3.05, 3.63) is 150 Å². The van der Waals surface area contributed by atoms with E-state index in [2.05, 4.69) is 78.2 Å². The van der Waals surface area contributed by atoms with E-state index in [-0.39, 0.29) is 5.91 Å². The third-order valence-corrected chi connectivity index (χ3v) is 7.84. The van der Waals surface area contributed by atoms with Gasteiger partial charge in [0.05, 0.1) is 11.2 Å². The molecule has 1 amide bonds. The molecule has 6 aromatic rings. The number of benzene rings is 5. The summed E-state index contributed by atoms with van der Waals surface area (Å²) in [5, 5.41) is 7.43. The zero-order valence-electron chi connectivity index (χ0n) is 24.4. The standard InChI is InChI=1S/C38H34N4O/c1-26(29-11-5-3-6-12-29)17-19-28-20-18-27(2)35(25-28)40-37(43)31-21-23-32(24-22-31)39-38-41-34-16-10-9-15-33(34)36(42-38)30-13-7-4-8-14-30/h3-16,18,20-26H,17,19H2,1-2H3,(H,40,43)(H,39,41,42). The first-order valence-electron chi connectivity index (χ1n) is 14.7. The van der Waals surface area contributed by atoms with Gasteiger partial charge in [-0.15, -0.1) is 0 Å². The number of fused-ring (bicyclic) bond motifs is 1. The number of amides is 1. The summed E-state index contributed by atoms with van der Waals surface area (Å²) in [7, 11) is 0. The SMILES string of the molecule is Cc1ccc(CCC(C)c2ccccc2)cc1NC(=O)c1ccc(Nc2nc(-c3ccccc3)c3ccccc3n2)cc1. The zero-order valence-corrected chi connectivity index (χ0v) is 24.4. The van der Waals surface area contributed by atoms with E-state index in [0.29, 0.717) is 17.4 Å². The molecule has 0 radical (unpaired) electrons. The van der Waals surface area contributed by atoms with Gasteiger partial charge in [-0.2, -0.15) is 0 Å². The van der Waals surface area contributed by atoms with Crippen LogP contribution in [0.4, 0.5) is 17.3 Å². The van der Waals surface area contributed by atoms with Crippen molar-refractivity contribution < 1.29 is 4.79 Å². The van der Waals surface area contributed by atoms with Crippen molar-refractivity contribution in [3.63, 3.8) is 0 Å². The van der Waals surface area contributed by atoms with Crippen LogP contribution in [0.2, 0.25) is 0 Å². The van der Waals surface area contributed by atoms with Crippen LogP contribution in [-0.2, 0) is 6.42 Å². The Labute approximate surface area is 252 Å². The van der Waals surface area contributed by atoms with Gasteiger partial charge in [-0.3, -0.25) is 4.79 Å². The summed E-state index contributed by atoms with van der Waals surface area (Å²) in [5.74, 6) is 0.833. The van der Waals surface area contributed by atoms with Gasteiger partial charge in [0.2, 0.25) is 5.95 Å². The molecule has 1 aromatic heterocycles. The van der Waals surface area contributed by atoms with Crippen molar-refractivity contribution in [1.29, 1.82) is 0 Å². The molecule has 212 valence electrons. The minimum Gasteiger partial charge on any atom is -0.324 e. The van der Waals surface area contributed by atoms with Gasteiger partial charge in [0.15, 0.2) is 0 Å². The second-order valence-electron chi connectivity index (χ2n) is 10.9. The first kappa shape index (κ1) is 27.9. The van der Waals surface area contributed by atoms with E-state index >= 15 is 0 Å². The van der Waals surface area contributed by atoms with Gasteiger partial charge < -0.3 is 10.6 Å². The summed E-state index contributed by atoms with van der Waals surface area (Å²) in [6.45, 7) is 4.28. The zero-order chi connectivity index (χ0) is 29.6. The quantitative estimate of drug-likeness (QED) is 0.184. The van der Waals surface area contributed by atoms with Crippen LogP contribution in [0.25, 0.3) is 22.2 Å². The molecule has 0 aliphatic heterocycles. The lowest BCUT2D eigenvalue weighted by molar-refractivity contribution is 0.102. The molecule has 1 unspecified atom stereocenters. The lowest BCUT2D eigenvalue weighted by Crippen LogP contribution is -2.13. The molecule has 1 atom stereocenters. The highest BCUT2D eigenvalue weighted by Crippen LogP contribution is 2.28. The van der Waals surface area contributed by atoms with Crippen molar-refractivity contribution in [2.75, 3.05) is 10.6 Å². The van der Waals surface area contributed by atoms with Gasteiger partial charge >= 0.3 is 0 Å². The van der Waals surface area contributed by atoms with Crippen molar-refractivity contribution in [2.45, 2.75) is 32.6 Å². The number of nitrogens with zero attached hydrogens (tertiary/aromatic N) is 2. The Hall–Kier alpha value is -5.29. The van der Waals surface area contributed by atoms with Crippen LogP contribution in [-0.4, -0.2) is 15.9 Å². The maximum Gasteiger partial charge on any atom is 0.255 e. The smallest absolute Gasteiger partial charge is 0.255 e. The number of para-hydroxylation sites is 1. The Morgan fingerprint density at radius 1 is 0.767 bits per heavy atom. The average molecular weight is 563 g/mol. The number of nitrogens with one attached hydrogen (secondary N) is 2. The molecular weight excluding hydrogens is 528 g/mol. The highest BCUT2D eigenvalue weighted by Gasteiger charge is 2.12. The van der Waals surface area contributed by atoms with Crippen LogP contribution >= 0.6 is 0 Å². The van der Waals surface area contributed by atoms with Gasteiger partial charge in [-0.25, -0.2) is 9.97 Å². The number of hydrogen-bond acceptors (Lipinski definition) is 4. The van der Waals surface area contributed by atoms with Crippen LogP contribution in [0, 0.1) is 6.92 Å². The Morgan fingerprint density at radius 3 is 2.23 bits per heavy atom. The molecule has 2 N–H and O–H groups in total. The normalized spacial score (nSPS) is 11.7. The van der Waals surface area contributed by atoms with Crippen LogP contribution in [0.3, 0.4) is 0 Å². The molecule has 1 heterocycles. The Balaban J connectivity index is 1.14. The molecule has 6 rings (SSSR count). The van der Waals surface area contributed by atoms with Crippen molar-refractivity contribution >= 4 is 34.1 Å². The molecule has 0 fully saturated rings. The number of anilines is 3. The number of rotatable bonds is 9. The third kappa shape index (κ3) is 6.62. The van der Waals surface area contributed by atoms with Crippen LogP contribution in [0.1, 0.15) is 46.3 Å². The van der Waals surface area contributed by atoms with E-state index in [1.165, 1.54) is 11.1 Å². The number of aromatic nitrogens is 2. The van der Waals surface area contributed by atoms with Crippen LogP contribution in [0.15, 0.2) is 127 Å². The van der Waals surface area contributed by atoms with E-state index in [9.17, 15) is 4.79 Å². The summed E-state index contributed by atoms with van der Waals surface area (Å²) in [4.78, 5) is 22.8. The van der Waals surface area contributed by atoms with Gasteiger partial charge in [0, 0.05) is 27.9 Å². The Kier molecular flexibility index (Phi) is 8.23. The number of aryl methyl sites for hydroxylation is 2. The van der Waals surface area contributed by atoms with E-state index in [4.69, 9.17) is 9.97 Å². The Bertz CT molecular complexity index is 1850. The largest absolute Gasteiger partial charge is 0.324 e. The molecule has 0 spiro atoms. The first-order valence-corrected chi connectivity index (χ1v) is 14.7. The maximum atomic E-state index is 13.2. The first-order chi connectivity index (χ1) is 21.0. The lowest BCUT2D eigenvalue weighted by Gasteiger charge is -2.14. The van der Waals surface area contributed by atoms with Gasteiger partial charge in [0.1, 0.15) is 0 Å². The number of carbonyl (C=O) groups is 1. The maximum absolute atomic E-state index is 13.2.